The first kappa shape index (κ1) is 7.69. The monoisotopic (exact) mass is 143 g/mol. The second-order valence-corrected chi connectivity index (χ2v) is 2.83. The van der Waals surface area contributed by atoms with Crippen LogP contribution in [0.2, 0.25) is 0 Å². The van der Waals surface area contributed by atoms with E-state index in [-0.39, 0.29) is 18.1 Å². The number of carbonyl (C=O) groups excluding carboxylic acids is 1. The molecule has 1 aliphatic rings. The molecule has 1 rings (SSSR count). The van der Waals surface area contributed by atoms with Crippen molar-refractivity contribution in [2.45, 2.75) is 26.0 Å². The zero-order chi connectivity index (χ0) is 7.56. The van der Waals surface area contributed by atoms with Crippen LogP contribution in [0.25, 0.3) is 0 Å². The standard InChI is InChI=1S/C7H13NO2/c1-5-2-3-8-7(10)4-6(5)9/h5,7-8,10H,2-4H2,1H3. The van der Waals surface area contributed by atoms with E-state index < -0.39 is 6.23 Å². The Kier molecular flexibility index (Phi) is 2.40. The van der Waals surface area contributed by atoms with E-state index in [4.69, 9.17) is 5.11 Å². The van der Waals surface area contributed by atoms with E-state index in [0.29, 0.717) is 0 Å². The minimum Gasteiger partial charge on any atom is -0.378 e. The van der Waals surface area contributed by atoms with Crippen LogP contribution in [-0.2, 0) is 4.79 Å². The second-order valence-electron chi connectivity index (χ2n) is 2.83. The number of hydrogen-bond acceptors (Lipinski definition) is 3. The maximum absolute atomic E-state index is 11.0. The Hall–Kier alpha value is -0.410. The first-order valence-corrected chi connectivity index (χ1v) is 3.64. The minimum absolute atomic E-state index is 0.115. The molecule has 3 nitrogen and oxygen atoms in total. The molecule has 10 heavy (non-hydrogen) atoms. The van der Waals surface area contributed by atoms with E-state index in [2.05, 4.69) is 5.32 Å². The van der Waals surface area contributed by atoms with Crippen molar-refractivity contribution in [3.05, 3.63) is 0 Å². The van der Waals surface area contributed by atoms with Gasteiger partial charge in [0.25, 0.3) is 0 Å². The molecule has 0 aromatic carbocycles. The summed E-state index contributed by atoms with van der Waals surface area (Å²) in [7, 11) is 0. The quantitative estimate of drug-likeness (QED) is 0.497. The molecule has 2 unspecified atom stereocenters. The number of ketones is 1. The molecule has 0 amide bonds. The average molecular weight is 143 g/mol. The molecule has 0 bridgehead atoms. The molecule has 0 spiro atoms. The lowest BCUT2D eigenvalue weighted by atomic mass is 10.0. The van der Waals surface area contributed by atoms with E-state index >= 15 is 0 Å². The number of rotatable bonds is 0. The molecule has 0 radical (unpaired) electrons. The van der Waals surface area contributed by atoms with E-state index in [1.165, 1.54) is 0 Å². The lowest BCUT2D eigenvalue weighted by Gasteiger charge is -2.05. The van der Waals surface area contributed by atoms with Crippen molar-refractivity contribution in [1.82, 2.24) is 5.32 Å². The summed E-state index contributed by atoms with van der Waals surface area (Å²) < 4.78 is 0. The van der Waals surface area contributed by atoms with Crippen molar-refractivity contribution in [1.29, 1.82) is 0 Å². The fourth-order valence-electron chi connectivity index (χ4n) is 1.09. The van der Waals surface area contributed by atoms with Gasteiger partial charge in [-0.15, -0.1) is 0 Å². The molecule has 2 N–H and O–H groups in total. The van der Waals surface area contributed by atoms with Crippen molar-refractivity contribution in [3.63, 3.8) is 0 Å². The SMILES string of the molecule is CC1CCNC(O)CC1=O. The van der Waals surface area contributed by atoms with Gasteiger partial charge in [0.1, 0.15) is 12.0 Å². The predicted molar refractivity (Wildman–Crippen MR) is 37.4 cm³/mol. The van der Waals surface area contributed by atoms with Crippen LogP contribution < -0.4 is 5.32 Å². The molecule has 1 heterocycles. The van der Waals surface area contributed by atoms with E-state index in [0.717, 1.165) is 13.0 Å². The van der Waals surface area contributed by atoms with Gasteiger partial charge in [-0.25, -0.2) is 0 Å². The van der Waals surface area contributed by atoms with Gasteiger partial charge >= 0.3 is 0 Å². The van der Waals surface area contributed by atoms with Gasteiger partial charge in [0.15, 0.2) is 0 Å². The van der Waals surface area contributed by atoms with E-state index in [9.17, 15) is 4.79 Å². The van der Waals surface area contributed by atoms with Crippen molar-refractivity contribution in [2.75, 3.05) is 6.54 Å². The third-order valence-electron chi connectivity index (χ3n) is 1.90. The number of Topliss-reactive ketones (excluding diaryl/α,β-unsaturated/α-hetero) is 1. The lowest BCUT2D eigenvalue weighted by molar-refractivity contribution is -0.123. The molecule has 0 saturated carbocycles. The largest absolute Gasteiger partial charge is 0.378 e. The number of aliphatic hydroxyl groups is 1. The summed E-state index contributed by atoms with van der Waals surface area (Å²) >= 11 is 0. The highest BCUT2D eigenvalue weighted by Crippen LogP contribution is 2.10. The fraction of sp³-hybridized carbons (Fsp3) is 0.857. The molecule has 0 aliphatic carbocycles. The Bertz CT molecular complexity index is 136. The van der Waals surface area contributed by atoms with Gasteiger partial charge in [0, 0.05) is 12.3 Å². The molecule has 1 saturated heterocycles. The number of aliphatic hydroxyl groups excluding tert-OH is 1. The van der Waals surface area contributed by atoms with Gasteiger partial charge in [-0.1, -0.05) is 6.92 Å². The van der Waals surface area contributed by atoms with Crippen LogP contribution in [-0.4, -0.2) is 23.7 Å². The summed E-state index contributed by atoms with van der Waals surface area (Å²) in [4.78, 5) is 11.0. The van der Waals surface area contributed by atoms with Crippen molar-refractivity contribution < 1.29 is 9.90 Å². The Morgan fingerprint density at radius 1 is 1.70 bits per heavy atom. The first-order valence-electron chi connectivity index (χ1n) is 3.64. The van der Waals surface area contributed by atoms with Crippen molar-refractivity contribution >= 4 is 5.78 Å². The average Bonchev–Trinajstić information content (AvgIpc) is 1.96. The zero-order valence-corrected chi connectivity index (χ0v) is 6.13. The number of carbonyl (C=O) groups is 1. The van der Waals surface area contributed by atoms with Gasteiger partial charge in [0.2, 0.25) is 0 Å². The predicted octanol–water partition coefficient (Wildman–Crippen LogP) is -0.107. The van der Waals surface area contributed by atoms with Gasteiger partial charge in [-0.2, -0.15) is 0 Å². The third-order valence-corrected chi connectivity index (χ3v) is 1.90. The number of hydrogen-bond donors (Lipinski definition) is 2. The topological polar surface area (TPSA) is 49.3 Å². The lowest BCUT2D eigenvalue weighted by Crippen LogP contribution is -2.28. The summed E-state index contributed by atoms with van der Waals surface area (Å²) in [5, 5.41) is 11.9. The van der Waals surface area contributed by atoms with Crippen LogP contribution in [0.4, 0.5) is 0 Å². The Morgan fingerprint density at radius 3 is 3.10 bits per heavy atom. The second kappa shape index (κ2) is 3.12. The molecule has 1 aliphatic heterocycles. The Morgan fingerprint density at radius 2 is 2.40 bits per heavy atom. The van der Waals surface area contributed by atoms with Crippen LogP contribution in [0.5, 0.6) is 0 Å². The summed E-state index contributed by atoms with van der Waals surface area (Å²) in [6.07, 6.45) is 0.495. The molecular formula is C7H13NO2. The summed E-state index contributed by atoms with van der Waals surface area (Å²) in [6.45, 7) is 2.65. The summed E-state index contributed by atoms with van der Waals surface area (Å²) in [6, 6.07) is 0. The highest BCUT2D eigenvalue weighted by atomic mass is 16.3. The third kappa shape index (κ3) is 1.78. The highest BCUT2D eigenvalue weighted by Gasteiger charge is 2.20. The van der Waals surface area contributed by atoms with Gasteiger partial charge in [0.05, 0.1) is 0 Å². The molecule has 58 valence electrons. The van der Waals surface area contributed by atoms with Crippen LogP contribution in [0, 0.1) is 5.92 Å². The van der Waals surface area contributed by atoms with Crippen LogP contribution in [0.1, 0.15) is 19.8 Å². The molecule has 1 fully saturated rings. The van der Waals surface area contributed by atoms with Gasteiger partial charge in [-0.3, -0.25) is 10.1 Å². The van der Waals surface area contributed by atoms with Gasteiger partial charge in [-0.05, 0) is 13.0 Å². The zero-order valence-electron chi connectivity index (χ0n) is 6.13. The molecule has 0 aromatic rings. The molecule has 3 heteroatoms. The summed E-state index contributed by atoms with van der Waals surface area (Å²) in [5.74, 6) is 0.280. The van der Waals surface area contributed by atoms with Crippen LogP contribution in [0.3, 0.4) is 0 Å². The minimum atomic E-state index is -0.613. The number of nitrogens with one attached hydrogen (secondary N) is 1. The van der Waals surface area contributed by atoms with Crippen molar-refractivity contribution in [2.24, 2.45) is 5.92 Å². The van der Waals surface area contributed by atoms with E-state index in [1.807, 2.05) is 6.92 Å². The molecule has 2 atom stereocenters. The normalized spacial score (nSPS) is 35.6. The van der Waals surface area contributed by atoms with Gasteiger partial charge < -0.3 is 5.11 Å². The summed E-state index contributed by atoms with van der Waals surface area (Å²) in [5.41, 5.74) is 0. The highest BCUT2D eigenvalue weighted by molar-refractivity contribution is 5.81. The smallest absolute Gasteiger partial charge is 0.139 e. The fourth-order valence-corrected chi connectivity index (χ4v) is 1.09. The Labute approximate surface area is 60.4 Å². The maximum atomic E-state index is 11.0. The molecule has 0 aromatic heterocycles. The van der Waals surface area contributed by atoms with Crippen LogP contribution >= 0.6 is 0 Å². The van der Waals surface area contributed by atoms with Crippen LogP contribution in [0.15, 0.2) is 0 Å². The van der Waals surface area contributed by atoms with Crippen molar-refractivity contribution in [3.8, 4) is 0 Å². The molecular weight excluding hydrogens is 130 g/mol. The Balaban J connectivity index is 2.49. The first-order chi connectivity index (χ1) is 4.70. The maximum Gasteiger partial charge on any atom is 0.139 e. The van der Waals surface area contributed by atoms with E-state index in [1.54, 1.807) is 0 Å².